The Hall–Kier alpha value is -1.24. The van der Waals surface area contributed by atoms with Gasteiger partial charge in [0, 0.05) is 16.8 Å². The minimum Gasteiger partial charge on any atom is -0.354 e. The summed E-state index contributed by atoms with van der Waals surface area (Å²) >= 11 is 3.39. The van der Waals surface area contributed by atoms with Crippen LogP contribution in [0.5, 0.6) is 0 Å². The molecule has 1 atom stereocenters. The molecule has 0 aliphatic carbocycles. The van der Waals surface area contributed by atoms with Crippen LogP contribution in [-0.4, -0.2) is 23.5 Å². The van der Waals surface area contributed by atoms with E-state index in [0.717, 1.165) is 23.5 Å². The average Bonchev–Trinajstić information content (AvgIpc) is 3.06. The molecule has 4 nitrogen and oxygen atoms in total. The first-order valence-corrected chi connectivity index (χ1v) is 9.20. The van der Waals surface area contributed by atoms with Crippen molar-refractivity contribution in [1.29, 1.82) is 0 Å². The molecule has 0 saturated carbocycles. The van der Waals surface area contributed by atoms with Crippen molar-refractivity contribution in [2.45, 2.75) is 39.7 Å². The Balaban J connectivity index is 1.80. The van der Waals surface area contributed by atoms with E-state index in [1.165, 1.54) is 9.75 Å². The molecule has 0 bridgehead atoms. The topological polar surface area (TPSA) is 68.0 Å². The molecule has 1 amide bonds. The maximum absolute atomic E-state index is 11.9. The van der Waals surface area contributed by atoms with E-state index >= 15 is 0 Å². The van der Waals surface area contributed by atoms with E-state index in [-0.39, 0.29) is 5.91 Å². The Morgan fingerprint density at radius 3 is 2.82 bits per heavy atom. The van der Waals surface area contributed by atoms with E-state index in [1.54, 1.807) is 22.7 Å². The van der Waals surface area contributed by atoms with Crippen LogP contribution in [-0.2, 0) is 11.2 Å². The Morgan fingerprint density at radius 2 is 2.18 bits per heavy atom. The van der Waals surface area contributed by atoms with E-state index in [0.29, 0.717) is 12.5 Å². The second kappa shape index (κ2) is 7.85. The number of aromatic nitrogens is 1. The quantitative estimate of drug-likeness (QED) is 0.815. The molecule has 0 aliphatic heterocycles. The highest BCUT2D eigenvalue weighted by molar-refractivity contribution is 7.16. The van der Waals surface area contributed by atoms with Gasteiger partial charge in [0.25, 0.3) is 0 Å². The molecule has 6 heteroatoms. The Morgan fingerprint density at radius 1 is 1.41 bits per heavy atom. The van der Waals surface area contributed by atoms with Crippen molar-refractivity contribution in [2.75, 3.05) is 6.54 Å². The molecule has 3 N–H and O–H groups in total. The molecule has 0 aromatic carbocycles. The number of thiazole rings is 1. The molecule has 0 fully saturated rings. The van der Waals surface area contributed by atoms with Gasteiger partial charge < -0.3 is 11.1 Å². The summed E-state index contributed by atoms with van der Waals surface area (Å²) in [4.78, 5) is 18.8. The summed E-state index contributed by atoms with van der Waals surface area (Å²) < 4.78 is 0. The highest BCUT2D eigenvalue weighted by atomic mass is 32.1. The largest absolute Gasteiger partial charge is 0.354 e. The zero-order valence-corrected chi connectivity index (χ0v) is 14.9. The van der Waals surface area contributed by atoms with Crippen molar-refractivity contribution in [3.05, 3.63) is 27.4 Å². The number of thiophene rings is 1. The summed E-state index contributed by atoms with van der Waals surface area (Å²) in [6.07, 6.45) is 1.55. The van der Waals surface area contributed by atoms with E-state index in [4.69, 9.17) is 5.73 Å². The predicted molar refractivity (Wildman–Crippen MR) is 94.3 cm³/mol. The minimum atomic E-state index is -0.406. The molecule has 0 spiro atoms. The summed E-state index contributed by atoms with van der Waals surface area (Å²) in [5, 5.41) is 6.08. The van der Waals surface area contributed by atoms with Crippen LogP contribution in [0.2, 0.25) is 0 Å². The molecule has 0 saturated heterocycles. The SMILES string of the molecule is Cc1nc(-c2ccc(CCNC(=O)[C@@H](N)CC(C)C)s2)cs1. The van der Waals surface area contributed by atoms with Crippen LogP contribution in [0.4, 0.5) is 0 Å². The van der Waals surface area contributed by atoms with Gasteiger partial charge in [-0.25, -0.2) is 4.98 Å². The van der Waals surface area contributed by atoms with Crippen molar-refractivity contribution >= 4 is 28.6 Å². The third kappa shape index (κ3) is 4.90. The van der Waals surface area contributed by atoms with E-state index in [9.17, 15) is 4.79 Å². The third-order valence-electron chi connectivity index (χ3n) is 3.27. The lowest BCUT2D eigenvalue weighted by Crippen LogP contribution is -2.42. The third-order valence-corrected chi connectivity index (χ3v) is 5.21. The maximum Gasteiger partial charge on any atom is 0.236 e. The number of nitrogens with two attached hydrogens (primary N) is 1. The lowest BCUT2D eigenvalue weighted by atomic mass is 10.0. The molecule has 0 radical (unpaired) electrons. The lowest BCUT2D eigenvalue weighted by molar-refractivity contribution is -0.122. The van der Waals surface area contributed by atoms with Gasteiger partial charge in [-0.3, -0.25) is 4.79 Å². The predicted octanol–water partition coefficient (Wildman–Crippen LogP) is 3.21. The molecule has 2 aromatic rings. The van der Waals surface area contributed by atoms with Crippen molar-refractivity contribution in [3.8, 4) is 10.6 Å². The van der Waals surface area contributed by atoms with Gasteiger partial charge in [-0.1, -0.05) is 13.8 Å². The first-order chi connectivity index (χ1) is 10.5. The fourth-order valence-corrected chi connectivity index (χ4v) is 3.84. The number of carbonyl (C=O) groups is 1. The zero-order chi connectivity index (χ0) is 16.1. The average molecular weight is 338 g/mol. The van der Waals surface area contributed by atoms with Crippen LogP contribution in [0, 0.1) is 12.8 Å². The fourth-order valence-electron chi connectivity index (χ4n) is 2.18. The molecule has 0 unspecified atom stereocenters. The number of nitrogens with one attached hydrogen (secondary N) is 1. The van der Waals surface area contributed by atoms with E-state index in [1.807, 2.05) is 6.92 Å². The summed E-state index contributed by atoms with van der Waals surface area (Å²) in [5.74, 6) is 0.378. The zero-order valence-electron chi connectivity index (χ0n) is 13.3. The molecule has 22 heavy (non-hydrogen) atoms. The molecule has 120 valence electrons. The van der Waals surface area contributed by atoms with Gasteiger partial charge in [0.05, 0.1) is 21.6 Å². The normalized spacial score (nSPS) is 12.6. The van der Waals surface area contributed by atoms with Gasteiger partial charge in [-0.2, -0.15) is 0 Å². The van der Waals surface area contributed by atoms with Crippen molar-refractivity contribution in [1.82, 2.24) is 10.3 Å². The molecule has 2 rings (SSSR count). The van der Waals surface area contributed by atoms with Crippen molar-refractivity contribution < 1.29 is 4.79 Å². The second-order valence-corrected chi connectivity index (χ2v) is 8.03. The summed E-state index contributed by atoms with van der Waals surface area (Å²) in [5.41, 5.74) is 6.91. The number of rotatable bonds is 7. The Labute approximate surface area is 139 Å². The number of carbonyl (C=O) groups excluding carboxylic acids is 1. The number of hydrogen-bond donors (Lipinski definition) is 2. The smallest absolute Gasteiger partial charge is 0.236 e. The van der Waals surface area contributed by atoms with Gasteiger partial charge in [0.15, 0.2) is 0 Å². The second-order valence-electron chi connectivity index (χ2n) is 5.79. The van der Waals surface area contributed by atoms with Crippen LogP contribution in [0.15, 0.2) is 17.5 Å². The van der Waals surface area contributed by atoms with E-state index in [2.05, 4.69) is 41.7 Å². The minimum absolute atomic E-state index is 0.0550. The van der Waals surface area contributed by atoms with Crippen LogP contribution in [0.3, 0.4) is 0 Å². The number of nitrogens with zero attached hydrogens (tertiary/aromatic N) is 1. The van der Waals surface area contributed by atoms with Gasteiger partial charge >= 0.3 is 0 Å². The first-order valence-electron chi connectivity index (χ1n) is 7.50. The van der Waals surface area contributed by atoms with Gasteiger partial charge in [-0.05, 0) is 37.8 Å². The van der Waals surface area contributed by atoms with E-state index < -0.39 is 6.04 Å². The summed E-state index contributed by atoms with van der Waals surface area (Å²) in [6.45, 7) is 6.78. The molecule has 2 heterocycles. The van der Waals surface area contributed by atoms with Crippen molar-refractivity contribution in [2.24, 2.45) is 11.7 Å². The van der Waals surface area contributed by atoms with Gasteiger partial charge in [0.2, 0.25) is 5.91 Å². The molecule has 0 aliphatic rings. The summed E-state index contributed by atoms with van der Waals surface area (Å²) in [6, 6.07) is 3.80. The number of amides is 1. The number of hydrogen-bond acceptors (Lipinski definition) is 5. The molecular formula is C16H23N3OS2. The van der Waals surface area contributed by atoms with Crippen LogP contribution < -0.4 is 11.1 Å². The fraction of sp³-hybridized carbons (Fsp3) is 0.500. The monoisotopic (exact) mass is 337 g/mol. The maximum atomic E-state index is 11.9. The highest BCUT2D eigenvalue weighted by Gasteiger charge is 2.14. The Kier molecular flexibility index (Phi) is 6.11. The summed E-state index contributed by atoms with van der Waals surface area (Å²) in [7, 11) is 0. The molecular weight excluding hydrogens is 314 g/mol. The lowest BCUT2D eigenvalue weighted by Gasteiger charge is -2.13. The standard InChI is InChI=1S/C16H23N3OS2/c1-10(2)8-13(17)16(20)18-7-6-12-4-5-15(22-12)14-9-21-11(3)19-14/h4-5,9-10,13H,6-8,17H2,1-3H3,(H,18,20)/t13-/m0/s1. The van der Waals surface area contributed by atoms with Gasteiger partial charge in [0.1, 0.15) is 0 Å². The molecule has 2 aromatic heterocycles. The highest BCUT2D eigenvalue weighted by Crippen LogP contribution is 2.29. The first kappa shape index (κ1) is 17.1. The Bertz CT molecular complexity index is 618. The van der Waals surface area contributed by atoms with Crippen molar-refractivity contribution in [3.63, 3.8) is 0 Å². The van der Waals surface area contributed by atoms with Crippen LogP contribution in [0.1, 0.15) is 30.2 Å². The van der Waals surface area contributed by atoms with Crippen LogP contribution >= 0.6 is 22.7 Å². The van der Waals surface area contributed by atoms with Gasteiger partial charge in [-0.15, -0.1) is 22.7 Å². The van der Waals surface area contributed by atoms with Crippen LogP contribution in [0.25, 0.3) is 10.6 Å². The number of aryl methyl sites for hydroxylation is 1.